The molecule has 0 fully saturated rings. The molecule has 31 heavy (non-hydrogen) atoms. The molecule has 3 aromatic rings. The quantitative estimate of drug-likeness (QED) is 0.319. The maximum atomic E-state index is 11.9. The van der Waals surface area contributed by atoms with Crippen LogP contribution in [0.4, 0.5) is 0 Å². The van der Waals surface area contributed by atoms with Crippen molar-refractivity contribution in [2.24, 2.45) is 0 Å². The zero-order valence-corrected chi connectivity index (χ0v) is 17.9. The fraction of sp³-hybridized carbons (Fsp3) is 0.348. The maximum absolute atomic E-state index is 11.9. The number of benzene rings is 2. The van der Waals surface area contributed by atoms with Crippen molar-refractivity contribution in [3.63, 3.8) is 0 Å². The molecule has 1 heterocycles. The van der Waals surface area contributed by atoms with E-state index < -0.39 is 12.1 Å². The summed E-state index contributed by atoms with van der Waals surface area (Å²) in [5, 5.41) is 14.3. The van der Waals surface area contributed by atoms with Crippen LogP contribution in [0.3, 0.4) is 0 Å². The monoisotopic (exact) mass is 428 g/mol. The first-order valence-corrected chi connectivity index (χ1v) is 9.97. The first kappa shape index (κ1) is 22.5. The van der Waals surface area contributed by atoms with Crippen molar-refractivity contribution >= 4 is 16.9 Å². The summed E-state index contributed by atoms with van der Waals surface area (Å²) in [7, 11) is 4.55. The maximum Gasteiger partial charge on any atom is 0.338 e. The number of hydrogen-bond acceptors (Lipinski definition) is 7. The normalized spacial score (nSPS) is 11.9. The molecule has 0 aliphatic rings. The van der Waals surface area contributed by atoms with Gasteiger partial charge in [0.1, 0.15) is 18.5 Å². The molecule has 2 aromatic carbocycles. The van der Waals surface area contributed by atoms with E-state index in [1.165, 1.54) is 7.11 Å². The van der Waals surface area contributed by atoms with E-state index in [4.69, 9.17) is 18.9 Å². The fourth-order valence-corrected chi connectivity index (χ4v) is 3.27. The highest BCUT2D eigenvalue weighted by Gasteiger charge is 2.14. The summed E-state index contributed by atoms with van der Waals surface area (Å²) in [5.74, 6) is 1.46. The number of aromatic nitrogens is 1. The Balaban J connectivity index is 1.49. The average Bonchev–Trinajstić information content (AvgIpc) is 3.28. The number of carbonyl (C=O) groups is 1. The standard InChI is InChI=1S/C23H28N2O6/c1-28-20-5-4-15(10-22(20)29-2)6-8-24-13-17(26)14-31-21-12-16(23(27)30-3)11-19-18(21)7-9-25-19/h4-5,7,9-12,17,24-26H,6,8,13-14H2,1-3H3. The van der Waals surface area contributed by atoms with Crippen molar-refractivity contribution in [2.75, 3.05) is 41.0 Å². The van der Waals surface area contributed by atoms with Crippen LogP contribution in [0.25, 0.3) is 10.9 Å². The topological polar surface area (TPSA) is 102 Å². The van der Waals surface area contributed by atoms with Crippen molar-refractivity contribution in [2.45, 2.75) is 12.5 Å². The molecular weight excluding hydrogens is 400 g/mol. The van der Waals surface area contributed by atoms with Gasteiger partial charge in [-0.15, -0.1) is 0 Å². The minimum absolute atomic E-state index is 0.0915. The molecule has 1 atom stereocenters. The van der Waals surface area contributed by atoms with Gasteiger partial charge in [-0.25, -0.2) is 4.79 Å². The first-order valence-electron chi connectivity index (χ1n) is 9.97. The highest BCUT2D eigenvalue weighted by molar-refractivity contribution is 5.97. The summed E-state index contributed by atoms with van der Waals surface area (Å²) in [5.41, 5.74) is 2.25. The molecule has 1 unspecified atom stereocenters. The van der Waals surface area contributed by atoms with Gasteiger partial charge in [0.15, 0.2) is 11.5 Å². The molecule has 0 aliphatic carbocycles. The number of nitrogens with one attached hydrogen (secondary N) is 2. The van der Waals surface area contributed by atoms with Crippen LogP contribution < -0.4 is 19.5 Å². The highest BCUT2D eigenvalue weighted by atomic mass is 16.5. The zero-order chi connectivity index (χ0) is 22.2. The number of esters is 1. The summed E-state index contributed by atoms with van der Waals surface area (Å²) < 4.78 is 21.1. The summed E-state index contributed by atoms with van der Waals surface area (Å²) in [4.78, 5) is 14.9. The van der Waals surface area contributed by atoms with Gasteiger partial charge in [-0.05, 0) is 48.9 Å². The Bertz CT molecular complexity index is 1020. The number of H-pyrrole nitrogens is 1. The van der Waals surface area contributed by atoms with E-state index >= 15 is 0 Å². The second-order valence-corrected chi connectivity index (χ2v) is 7.01. The van der Waals surface area contributed by atoms with Crippen molar-refractivity contribution in [3.05, 3.63) is 53.7 Å². The molecule has 0 bridgehead atoms. The van der Waals surface area contributed by atoms with Crippen LogP contribution in [0.5, 0.6) is 17.2 Å². The van der Waals surface area contributed by atoms with Crippen LogP contribution in [0.1, 0.15) is 15.9 Å². The number of aromatic amines is 1. The van der Waals surface area contributed by atoms with Gasteiger partial charge in [0.25, 0.3) is 0 Å². The summed E-state index contributed by atoms with van der Waals surface area (Å²) in [6, 6.07) is 11.0. The lowest BCUT2D eigenvalue weighted by molar-refractivity contribution is 0.0600. The number of aliphatic hydroxyl groups is 1. The van der Waals surface area contributed by atoms with Crippen LogP contribution in [-0.4, -0.2) is 63.2 Å². The Morgan fingerprint density at radius 3 is 2.61 bits per heavy atom. The molecule has 0 saturated heterocycles. The van der Waals surface area contributed by atoms with E-state index in [9.17, 15) is 9.90 Å². The van der Waals surface area contributed by atoms with Gasteiger partial charge in [-0.1, -0.05) is 6.07 Å². The van der Waals surface area contributed by atoms with E-state index in [0.717, 1.165) is 22.9 Å². The molecule has 3 N–H and O–H groups in total. The van der Waals surface area contributed by atoms with E-state index in [0.29, 0.717) is 35.9 Å². The third-order valence-corrected chi connectivity index (χ3v) is 4.90. The van der Waals surface area contributed by atoms with E-state index in [1.54, 1.807) is 32.5 Å². The molecule has 0 radical (unpaired) electrons. The molecule has 1 aromatic heterocycles. The Morgan fingerprint density at radius 2 is 1.87 bits per heavy atom. The molecular formula is C23H28N2O6. The Hall–Kier alpha value is -3.23. The predicted octanol–water partition coefficient (Wildman–Crippen LogP) is 2.54. The molecule has 0 aliphatic heterocycles. The van der Waals surface area contributed by atoms with Gasteiger partial charge in [0.2, 0.25) is 0 Å². The van der Waals surface area contributed by atoms with Gasteiger partial charge < -0.3 is 34.4 Å². The second-order valence-electron chi connectivity index (χ2n) is 7.01. The SMILES string of the molecule is COC(=O)c1cc(OCC(O)CNCCc2ccc(OC)c(OC)c2)c2cc[nH]c2c1. The number of carbonyl (C=O) groups excluding carboxylic acids is 1. The third kappa shape index (κ3) is 5.68. The Morgan fingerprint density at radius 1 is 1.06 bits per heavy atom. The minimum Gasteiger partial charge on any atom is -0.493 e. The Kier molecular flexibility index (Phi) is 7.75. The number of aliphatic hydroxyl groups excluding tert-OH is 1. The third-order valence-electron chi connectivity index (χ3n) is 4.90. The predicted molar refractivity (Wildman–Crippen MR) is 117 cm³/mol. The zero-order valence-electron chi connectivity index (χ0n) is 17.9. The molecule has 8 nitrogen and oxygen atoms in total. The molecule has 0 saturated carbocycles. The molecule has 166 valence electrons. The second kappa shape index (κ2) is 10.7. The number of fused-ring (bicyclic) bond motifs is 1. The van der Waals surface area contributed by atoms with Gasteiger partial charge in [0.05, 0.1) is 26.9 Å². The molecule has 8 heteroatoms. The number of ether oxygens (including phenoxy) is 4. The van der Waals surface area contributed by atoms with E-state index in [-0.39, 0.29) is 6.61 Å². The summed E-state index contributed by atoms with van der Waals surface area (Å²) in [6.45, 7) is 1.15. The van der Waals surface area contributed by atoms with Crippen molar-refractivity contribution in [3.8, 4) is 17.2 Å². The Labute approximate surface area is 181 Å². The van der Waals surface area contributed by atoms with Gasteiger partial charge in [-0.3, -0.25) is 0 Å². The molecule has 3 rings (SSSR count). The fourth-order valence-electron chi connectivity index (χ4n) is 3.27. The van der Waals surface area contributed by atoms with Crippen molar-refractivity contribution in [1.82, 2.24) is 10.3 Å². The highest BCUT2D eigenvalue weighted by Crippen LogP contribution is 2.28. The lowest BCUT2D eigenvalue weighted by Crippen LogP contribution is -2.32. The summed E-state index contributed by atoms with van der Waals surface area (Å²) >= 11 is 0. The van der Waals surface area contributed by atoms with Crippen LogP contribution in [0.2, 0.25) is 0 Å². The van der Waals surface area contributed by atoms with E-state index in [1.807, 2.05) is 24.3 Å². The van der Waals surface area contributed by atoms with Gasteiger partial charge >= 0.3 is 5.97 Å². The largest absolute Gasteiger partial charge is 0.493 e. The van der Waals surface area contributed by atoms with Crippen LogP contribution in [0, 0.1) is 0 Å². The molecule has 0 spiro atoms. The van der Waals surface area contributed by atoms with Crippen molar-refractivity contribution < 1.29 is 28.8 Å². The van der Waals surface area contributed by atoms with Crippen LogP contribution in [0.15, 0.2) is 42.6 Å². The van der Waals surface area contributed by atoms with Crippen LogP contribution in [-0.2, 0) is 11.2 Å². The lowest BCUT2D eigenvalue weighted by Gasteiger charge is -2.15. The minimum atomic E-state index is -0.707. The van der Waals surface area contributed by atoms with Gasteiger partial charge in [-0.2, -0.15) is 0 Å². The first-order chi connectivity index (χ1) is 15.0. The number of rotatable bonds is 11. The molecule has 0 amide bonds. The van der Waals surface area contributed by atoms with Gasteiger partial charge in [0, 0.05) is 23.6 Å². The van der Waals surface area contributed by atoms with Crippen molar-refractivity contribution in [1.29, 1.82) is 0 Å². The van der Waals surface area contributed by atoms with Crippen LogP contribution >= 0.6 is 0 Å². The van der Waals surface area contributed by atoms with E-state index in [2.05, 4.69) is 10.3 Å². The summed E-state index contributed by atoms with van der Waals surface area (Å²) in [6.07, 6.45) is 1.84. The lowest BCUT2D eigenvalue weighted by atomic mass is 10.1. The smallest absolute Gasteiger partial charge is 0.338 e. The average molecular weight is 428 g/mol. The number of hydrogen-bond donors (Lipinski definition) is 3. The number of methoxy groups -OCH3 is 3.